The number of carbonyl (C=O) groups is 3. The lowest BCUT2D eigenvalue weighted by Gasteiger charge is -2.34. The maximum atomic E-state index is 13.9. The third-order valence-electron chi connectivity index (χ3n) is 6.49. The van der Waals surface area contributed by atoms with Crippen molar-refractivity contribution in [3.05, 3.63) is 71.3 Å². The largest absolute Gasteiger partial charge is 0.444 e. The highest BCUT2D eigenvalue weighted by Gasteiger charge is 2.35. The van der Waals surface area contributed by atoms with E-state index in [1.807, 2.05) is 61.5 Å². The fourth-order valence-electron chi connectivity index (χ4n) is 4.45. The van der Waals surface area contributed by atoms with E-state index in [4.69, 9.17) is 4.74 Å². The van der Waals surface area contributed by atoms with Crippen LogP contribution in [0.15, 0.2) is 54.6 Å². The molecule has 2 atom stereocenters. The summed E-state index contributed by atoms with van der Waals surface area (Å²) in [4.78, 5) is 41.8. The summed E-state index contributed by atoms with van der Waals surface area (Å²) >= 11 is 0. The van der Waals surface area contributed by atoms with Gasteiger partial charge in [0.25, 0.3) is 0 Å². The van der Waals surface area contributed by atoms with Crippen LogP contribution in [-0.4, -0.2) is 41.0 Å². The second-order valence-electron chi connectivity index (χ2n) is 11.1. The fourth-order valence-corrected chi connectivity index (χ4v) is 4.45. The smallest absolute Gasteiger partial charge is 0.408 e. The molecule has 0 bridgehead atoms. The Morgan fingerprint density at radius 3 is 2.15 bits per heavy atom. The molecule has 0 saturated carbocycles. The molecule has 0 aliphatic rings. The minimum atomic E-state index is -0.867. The molecule has 214 valence electrons. The lowest BCUT2D eigenvalue weighted by Crippen LogP contribution is -2.52. The molecule has 0 spiro atoms. The van der Waals surface area contributed by atoms with Crippen molar-refractivity contribution in [1.29, 1.82) is 0 Å². The van der Waals surface area contributed by atoms with Crippen LogP contribution in [0.2, 0.25) is 0 Å². The molecule has 2 aromatic rings. The number of nitrogens with one attached hydrogen (secondary N) is 2. The number of unbranched alkanes of at least 4 members (excludes halogenated alkanes) is 5. The van der Waals surface area contributed by atoms with E-state index in [2.05, 4.69) is 17.6 Å². The van der Waals surface area contributed by atoms with E-state index < -0.39 is 23.8 Å². The average molecular weight is 538 g/mol. The van der Waals surface area contributed by atoms with Crippen molar-refractivity contribution >= 4 is 17.9 Å². The zero-order chi connectivity index (χ0) is 28.8. The van der Waals surface area contributed by atoms with Gasteiger partial charge in [0.2, 0.25) is 11.8 Å². The van der Waals surface area contributed by atoms with Crippen LogP contribution in [0.4, 0.5) is 4.79 Å². The highest BCUT2D eigenvalue weighted by atomic mass is 16.6. The molecule has 39 heavy (non-hydrogen) atoms. The molecule has 0 aliphatic carbocycles. The van der Waals surface area contributed by atoms with Crippen LogP contribution >= 0.6 is 0 Å². The van der Waals surface area contributed by atoms with Crippen LogP contribution in [0.5, 0.6) is 0 Å². The van der Waals surface area contributed by atoms with E-state index in [1.54, 1.807) is 32.6 Å². The van der Waals surface area contributed by atoms with Crippen molar-refractivity contribution in [1.82, 2.24) is 15.5 Å². The Balaban J connectivity index is 2.33. The molecule has 2 rings (SSSR count). The van der Waals surface area contributed by atoms with E-state index in [0.29, 0.717) is 13.1 Å². The van der Waals surface area contributed by atoms with Crippen LogP contribution in [0, 0.1) is 6.92 Å². The summed E-state index contributed by atoms with van der Waals surface area (Å²) in [5.74, 6) is -0.575. The first-order valence-electron chi connectivity index (χ1n) is 14.2. The van der Waals surface area contributed by atoms with Crippen molar-refractivity contribution in [2.75, 3.05) is 6.54 Å². The molecule has 2 aromatic carbocycles. The van der Waals surface area contributed by atoms with Gasteiger partial charge in [-0.3, -0.25) is 9.59 Å². The minimum absolute atomic E-state index is 0.253. The molecule has 0 heterocycles. The second kappa shape index (κ2) is 15.9. The molecular formula is C32H47N3O4. The number of carbonyl (C=O) groups excluding carboxylic acids is 3. The van der Waals surface area contributed by atoms with E-state index in [-0.39, 0.29) is 11.8 Å². The SMILES string of the molecule is CCCCCCCCN(C(=O)C(C)NC(=O)OC(C)(C)C)C(C(=O)NCc1ccccc1)c1ccccc1C. The molecule has 7 heteroatoms. The lowest BCUT2D eigenvalue weighted by molar-refractivity contribution is -0.142. The summed E-state index contributed by atoms with van der Waals surface area (Å²) in [7, 11) is 0. The van der Waals surface area contributed by atoms with Crippen molar-refractivity contribution in [3.8, 4) is 0 Å². The predicted octanol–water partition coefficient (Wildman–Crippen LogP) is 6.45. The number of nitrogens with zero attached hydrogens (tertiary/aromatic N) is 1. The lowest BCUT2D eigenvalue weighted by atomic mass is 9.97. The van der Waals surface area contributed by atoms with Crippen LogP contribution in [0.25, 0.3) is 0 Å². The number of rotatable bonds is 14. The normalized spacial score (nSPS) is 12.8. The Morgan fingerprint density at radius 1 is 0.897 bits per heavy atom. The van der Waals surface area contributed by atoms with Gasteiger partial charge in [0.05, 0.1) is 0 Å². The van der Waals surface area contributed by atoms with Crippen molar-refractivity contribution in [3.63, 3.8) is 0 Å². The predicted molar refractivity (Wildman–Crippen MR) is 156 cm³/mol. The van der Waals surface area contributed by atoms with Crippen molar-refractivity contribution in [2.24, 2.45) is 0 Å². The van der Waals surface area contributed by atoms with Gasteiger partial charge in [0.15, 0.2) is 0 Å². The minimum Gasteiger partial charge on any atom is -0.444 e. The van der Waals surface area contributed by atoms with Crippen molar-refractivity contribution in [2.45, 2.75) is 104 Å². The van der Waals surface area contributed by atoms with Crippen LogP contribution in [0.1, 0.15) is 95.9 Å². The van der Waals surface area contributed by atoms with Gasteiger partial charge in [-0.1, -0.05) is 93.6 Å². The molecule has 0 saturated heterocycles. The van der Waals surface area contributed by atoms with Gasteiger partial charge in [-0.2, -0.15) is 0 Å². The fraction of sp³-hybridized carbons (Fsp3) is 0.531. The summed E-state index contributed by atoms with van der Waals surface area (Å²) in [5.41, 5.74) is 1.98. The number of alkyl carbamates (subject to hydrolysis) is 1. The summed E-state index contributed by atoms with van der Waals surface area (Å²) in [6.07, 6.45) is 5.65. The standard InChI is InChI=1S/C32H47N3O4/c1-7-8-9-10-11-17-22-35(30(37)25(3)34-31(38)39-32(4,5)6)28(27-21-16-15-18-24(27)2)29(36)33-23-26-19-13-12-14-20-26/h12-16,18-21,25,28H,7-11,17,22-23H2,1-6H3,(H,33,36)(H,34,38). The number of aryl methyl sites for hydroxylation is 1. The molecule has 0 fully saturated rings. The molecule has 2 N–H and O–H groups in total. The maximum Gasteiger partial charge on any atom is 0.408 e. The quantitative estimate of drug-likeness (QED) is 0.271. The molecular weight excluding hydrogens is 490 g/mol. The molecule has 0 aromatic heterocycles. The van der Waals surface area contributed by atoms with Crippen LogP contribution in [-0.2, 0) is 20.9 Å². The summed E-state index contributed by atoms with van der Waals surface area (Å²) in [5, 5.41) is 5.71. The van der Waals surface area contributed by atoms with E-state index in [9.17, 15) is 14.4 Å². The Kier molecular flexibility index (Phi) is 13.0. The number of hydrogen-bond acceptors (Lipinski definition) is 4. The second-order valence-corrected chi connectivity index (χ2v) is 11.1. The monoisotopic (exact) mass is 537 g/mol. The van der Waals surface area contributed by atoms with E-state index in [1.165, 1.54) is 6.42 Å². The van der Waals surface area contributed by atoms with Crippen molar-refractivity contribution < 1.29 is 19.1 Å². The number of amides is 3. The number of ether oxygens (including phenoxy) is 1. The zero-order valence-corrected chi connectivity index (χ0v) is 24.6. The molecule has 3 amide bonds. The van der Waals surface area contributed by atoms with Gasteiger partial charge < -0.3 is 20.3 Å². The highest BCUT2D eigenvalue weighted by Crippen LogP contribution is 2.26. The number of benzene rings is 2. The van der Waals surface area contributed by atoms with Gasteiger partial charge in [-0.25, -0.2) is 4.79 Å². The Labute approximate surface area is 234 Å². The molecule has 0 radical (unpaired) electrons. The third kappa shape index (κ3) is 11.1. The first kappa shape index (κ1) is 31.9. The number of hydrogen-bond donors (Lipinski definition) is 2. The van der Waals surface area contributed by atoms with Gasteiger partial charge in [0.1, 0.15) is 17.7 Å². The Morgan fingerprint density at radius 2 is 1.51 bits per heavy atom. The van der Waals surface area contributed by atoms with Gasteiger partial charge in [-0.15, -0.1) is 0 Å². The average Bonchev–Trinajstić information content (AvgIpc) is 2.88. The first-order chi connectivity index (χ1) is 18.5. The van der Waals surface area contributed by atoms with Gasteiger partial charge in [0, 0.05) is 13.1 Å². The summed E-state index contributed by atoms with van der Waals surface area (Å²) in [6, 6.07) is 15.6. The maximum absolute atomic E-state index is 13.9. The summed E-state index contributed by atoms with van der Waals surface area (Å²) < 4.78 is 5.37. The third-order valence-corrected chi connectivity index (χ3v) is 6.49. The molecule has 0 aliphatic heterocycles. The summed E-state index contributed by atoms with van der Waals surface area (Å²) in [6.45, 7) is 11.8. The van der Waals surface area contributed by atoms with Crippen LogP contribution < -0.4 is 10.6 Å². The zero-order valence-electron chi connectivity index (χ0n) is 24.6. The van der Waals surface area contributed by atoms with E-state index >= 15 is 0 Å². The molecule has 7 nitrogen and oxygen atoms in total. The van der Waals surface area contributed by atoms with Gasteiger partial charge >= 0.3 is 6.09 Å². The van der Waals surface area contributed by atoms with E-state index in [0.717, 1.165) is 48.8 Å². The Bertz CT molecular complexity index is 1050. The molecule has 2 unspecified atom stereocenters. The van der Waals surface area contributed by atoms with Gasteiger partial charge in [-0.05, 0) is 57.7 Å². The Hall–Kier alpha value is -3.35. The topological polar surface area (TPSA) is 87.7 Å². The first-order valence-corrected chi connectivity index (χ1v) is 14.2. The highest BCUT2D eigenvalue weighted by molar-refractivity contribution is 5.92. The van der Waals surface area contributed by atoms with Crippen LogP contribution in [0.3, 0.4) is 0 Å².